The molecule has 0 aliphatic carbocycles. The number of hydrogen-bond donors (Lipinski definition) is 1. The fraction of sp³-hybridized carbons (Fsp3) is 0.556. The van der Waals surface area contributed by atoms with E-state index in [9.17, 15) is 9.59 Å². The van der Waals surface area contributed by atoms with Crippen LogP contribution in [0.3, 0.4) is 0 Å². The second-order valence-electron chi connectivity index (χ2n) is 6.51. The van der Waals surface area contributed by atoms with Crippen molar-refractivity contribution in [1.82, 2.24) is 15.1 Å². The standard InChI is InChI=1S/C18H24ClN3O3/c19-15-5-3-14(4-6-15)12-20-17(23)13-21-7-9-22(10-8-21)18(24)16-2-1-11-25-16/h3-6,16H,1-2,7-13H2,(H,20,23). The molecular formula is C18H24ClN3O3. The van der Waals surface area contributed by atoms with Crippen LogP contribution < -0.4 is 5.32 Å². The number of nitrogens with one attached hydrogen (secondary N) is 1. The minimum absolute atomic E-state index is 0.00569. The largest absolute Gasteiger partial charge is 0.368 e. The lowest BCUT2D eigenvalue weighted by molar-refractivity contribution is -0.142. The zero-order valence-corrected chi connectivity index (χ0v) is 15.0. The van der Waals surface area contributed by atoms with E-state index in [1.54, 1.807) is 0 Å². The van der Waals surface area contributed by atoms with Crippen LogP contribution in [0.5, 0.6) is 0 Å². The molecular weight excluding hydrogens is 342 g/mol. The monoisotopic (exact) mass is 365 g/mol. The van der Waals surface area contributed by atoms with Gasteiger partial charge in [-0.3, -0.25) is 14.5 Å². The van der Waals surface area contributed by atoms with Gasteiger partial charge in [-0.25, -0.2) is 0 Å². The lowest BCUT2D eigenvalue weighted by atomic mass is 10.2. The molecule has 2 heterocycles. The molecule has 0 aromatic heterocycles. The molecule has 2 aliphatic heterocycles. The molecule has 3 rings (SSSR count). The number of amides is 2. The first-order valence-electron chi connectivity index (χ1n) is 8.76. The highest BCUT2D eigenvalue weighted by Gasteiger charge is 2.30. The third-order valence-corrected chi connectivity index (χ3v) is 4.91. The summed E-state index contributed by atoms with van der Waals surface area (Å²) < 4.78 is 5.46. The Kier molecular flexibility index (Phi) is 6.29. The van der Waals surface area contributed by atoms with E-state index in [-0.39, 0.29) is 17.9 Å². The van der Waals surface area contributed by atoms with E-state index >= 15 is 0 Å². The van der Waals surface area contributed by atoms with Gasteiger partial charge in [0.15, 0.2) is 0 Å². The van der Waals surface area contributed by atoms with E-state index in [1.165, 1.54) is 0 Å². The van der Waals surface area contributed by atoms with Gasteiger partial charge >= 0.3 is 0 Å². The smallest absolute Gasteiger partial charge is 0.251 e. The van der Waals surface area contributed by atoms with Crippen LogP contribution in [0, 0.1) is 0 Å². The Morgan fingerprint density at radius 3 is 2.52 bits per heavy atom. The van der Waals surface area contributed by atoms with Crippen molar-refractivity contribution < 1.29 is 14.3 Å². The summed E-state index contributed by atoms with van der Waals surface area (Å²) in [5.41, 5.74) is 1.02. The Hall–Kier alpha value is -1.63. The topological polar surface area (TPSA) is 61.9 Å². The summed E-state index contributed by atoms with van der Waals surface area (Å²) in [7, 11) is 0. The maximum atomic E-state index is 12.3. The Bertz CT molecular complexity index is 594. The third kappa shape index (κ3) is 5.17. The molecule has 6 nitrogen and oxygen atoms in total. The predicted molar refractivity (Wildman–Crippen MR) is 95.3 cm³/mol. The average Bonchev–Trinajstić information content (AvgIpc) is 3.16. The van der Waals surface area contributed by atoms with Gasteiger partial charge in [0.2, 0.25) is 5.91 Å². The van der Waals surface area contributed by atoms with Crippen molar-refractivity contribution in [2.75, 3.05) is 39.3 Å². The van der Waals surface area contributed by atoms with E-state index in [0.717, 1.165) is 18.4 Å². The van der Waals surface area contributed by atoms with Crippen molar-refractivity contribution in [3.63, 3.8) is 0 Å². The molecule has 2 fully saturated rings. The fourth-order valence-electron chi connectivity index (χ4n) is 3.16. The van der Waals surface area contributed by atoms with Gasteiger partial charge in [0.1, 0.15) is 6.10 Å². The molecule has 0 radical (unpaired) electrons. The molecule has 1 aromatic carbocycles. The first kappa shape index (κ1) is 18.2. The fourth-order valence-corrected chi connectivity index (χ4v) is 3.29. The predicted octanol–water partition coefficient (Wildman–Crippen LogP) is 1.28. The summed E-state index contributed by atoms with van der Waals surface area (Å²) in [5, 5.41) is 3.61. The summed E-state index contributed by atoms with van der Waals surface area (Å²) >= 11 is 5.85. The van der Waals surface area contributed by atoms with Crippen LogP contribution >= 0.6 is 11.6 Å². The highest BCUT2D eigenvalue weighted by Crippen LogP contribution is 2.16. The normalized spacial score (nSPS) is 21.3. The number of carbonyl (C=O) groups is 2. The van der Waals surface area contributed by atoms with Crippen LogP contribution in [0.2, 0.25) is 5.02 Å². The van der Waals surface area contributed by atoms with Crippen molar-refractivity contribution in [2.45, 2.75) is 25.5 Å². The number of piperazine rings is 1. The van der Waals surface area contributed by atoms with Crippen LogP contribution in [-0.2, 0) is 20.9 Å². The number of hydrogen-bond acceptors (Lipinski definition) is 4. The van der Waals surface area contributed by atoms with Crippen molar-refractivity contribution in [1.29, 1.82) is 0 Å². The lowest BCUT2D eigenvalue weighted by Crippen LogP contribution is -2.53. The molecule has 136 valence electrons. The first-order valence-corrected chi connectivity index (χ1v) is 9.13. The molecule has 1 aromatic rings. The quantitative estimate of drug-likeness (QED) is 0.853. The SMILES string of the molecule is O=C(CN1CCN(C(=O)C2CCCO2)CC1)NCc1ccc(Cl)cc1. The van der Waals surface area contributed by atoms with Crippen molar-refractivity contribution in [3.8, 4) is 0 Å². The highest BCUT2D eigenvalue weighted by molar-refractivity contribution is 6.30. The van der Waals surface area contributed by atoms with E-state index in [4.69, 9.17) is 16.3 Å². The second-order valence-corrected chi connectivity index (χ2v) is 6.94. The van der Waals surface area contributed by atoms with E-state index < -0.39 is 0 Å². The Labute approximate surface area is 153 Å². The molecule has 1 atom stereocenters. The van der Waals surface area contributed by atoms with Crippen LogP contribution in [0.15, 0.2) is 24.3 Å². The van der Waals surface area contributed by atoms with E-state index in [1.807, 2.05) is 29.2 Å². The molecule has 2 saturated heterocycles. The van der Waals surface area contributed by atoms with Crippen LogP contribution in [0.25, 0.3) is 0 Å². The molecule has 7 heteroatoms. The summed E-state index contributed by atoms with van der Waals surface area (Å²) in [6.07, 6.45) is 1.53. The van der Waals surface area contributed by atoms with Gasteiger partial charge in [0.25, 0.3) is 5.91 Å². The lowest BCUT2D eigenvalue weighted by Gasteiger charge is -2.35. The summed E-state index contributed by atoms with van der Waals surface area (Å²) in [6, 6.07) is 7.43. The summed E-state index contributed by atoms with van der Waals surface area (Å²) in [6.45, 7) is 4.28. The van der Waals surface area contributed by atoms with E-state index in [2.05, 4.69) is 10.2 Å². The molecule has 0 saturated carbocycles. The number of halogens is 1. The van der Waals surface area contributed by atoms with Crippen molar-refractivity contribution in [3.05, 3.63) is 34.9 Å². The molecule has 2 amide bonds. The van der Waals surface area contributed by atoms with Gasteiger partial charge < -0.3 is 15.0 Å². The molecule has 2 aliphatic rings. The number of rotatable bonds is 5. The molecule has 1 unspecified atom stereocenters. The van der Waals surface area contributed by atoms with Gasteiger partial charge in [-0.2, -0.15) is 0 Å². The third-order valence-electron chi connectivity index (χ3n) is 4.66. The number of ether oxygens (including phenoxy) is 1. The zero-order valence-electron chi connectivity index (χ0n) is 14.2. The van der Waals surface area contributed by atoms with Crippen LogP contribution in [0.4, 0.5) is 0 Å². The minimum Gasteiger partial charge on any atom is -0.368 e. The van der Waals surface area contributed by atoms with E-state index in [0.29, 0.717) is 50.9 Å². The Morgan fingerprint density at radius 1 is 1.16 bits per heavy atom. The molecule has 1 N–H and O–H groups in total. The van der Waals surface area contributed by atoms with Crippen LogP contribution in [-0.4, -0.2) is 67.0 Å². The Morgan fingerprint density at radius 2 is 1.88 bits per heavy atom. The molecule has 0 bridgehead atoms. The molecule has 0 spiro atoms. The first-order chi connectivity index (χ1) is 12.1. The second kappa shape index (κ2) is 8.65. The summed E-state index contributed by atoms with van der Waals surface area (Å²) in [5.74, 6) is 0.0955. The number of benzene rings is 1. The minimum atomic E-state index is -0.255. The summed E-state index contributed by atoms with van der Waals surface area (Å²) in [4.78, 5) is 28.3. The molecule has 25 heavy (non-hydrogen) atoms. The highest BCUT2D eigenvalue weighted by atomic mass is 35.5. The van der Waals surface area contributed by atoms with Crippen molar-refractivity contribution >= 4 is 23.4 Å². The van der Waals surface area contributed by atoms with Gasteiger partial charge in [-0.1, -0.05) is 23.7 Å². The van der Waals surface area contributed by atoms with Gasteiger partial charge in [0, 0.05) is 44.4 Å². The van der Waals surface area contributed by atoms with Crippen molar-refractivity contribution in [2.24, 2.45) is 0 Å². The van der Waals surface area contributed by atoms with Gasteiger partial charge in [0.05, 0.1) is 6.54 Å². The zero-order chi connectivity index (χ0) is 17.6. The maximum Gasteiger partial charge on any atom is 0.251 e. The number of carbonyl (C=O) groups excluding carboxylic acids is 2. The average molecular weight is 366 g/mol. The van der Waals surface area contributed by atoms with Crippen LogP contribution in [0.1, 0.15) is 18.4 Å². The number of nitrogens with zero attached hydrogens (tertiary/aromatic N) is 2. The Balaban J connectivity index is 1.37. The van der Waals surface area contributed by atoms with Gasteiger partial charge in [-0.15, -0.1) is 0 Å². The van der Waals surface area contributed by atoms with Gasteiger partial charge in [-0.05, 0) is 30.5 Å². The maximum absolute atomic E-state index is 12.3.